The van der Waals surface area contributed by atoms with Gasteiger partial charge in [0, 0.05) is 50.6 Å². The molecule has 134 valence electrons. The number of benzene rings is 1. The number of aryl methyl sites for hydroxylation is 1. The lowest BCUT2D eigenvalue weighted by atomic mass is 10.1. The Labute approximate surface area is 149 Å². The minimum Gasteiger partial charge on any atom is -0.375 e. The van der Waals surface area contributed by atoms with E-state index in [1.54, 1.807) is 0 Å². The minimum atomic E-state index is 0.125. The van der Waals surface area contributed by atoms with E-state index in [1.165, 1.54) is 18.2 Å². The quantitative estimate of drug-likeness (QED) is 0.861. The number of hydrogen-bond acceptors (Lipinski definition) is 3. The highest BCUT2D eigenvalue weighted by molar-refractivity contribution is 5.98. The number of carbonyl (C=O) groups excluding carboxylic acids is 1. The summed E-state index contributed by atoms with van der Waals surface area (Å²) >= 11 is 0. The van der Waals surface area contributed by atoms with E-state index in [4.69, 9.17) is 4.74 Å². The Bertz CT molecular complexity index is 748. The number of ether oxygens (including phenoxy) is 1. The van der Waals surface area contributed by atoms with Crippen molar-refractivity contribution in [3.63, 3.8) is 0 Å². The average molecular weight is 341 g/mol. The van der Waals surface area contributed by atoms with Gasteiger partial charge < -0.3 is 19.1 Å². The molecular weight excluding hydrogens is 314 g/mol. The molecule has 1 amide bonds. The molecule has 5 nitrogen and oxygen atoms in total. The summed E-state index contributed by atoms with van der Waals surface area (Å²) in [6, 6.07) is 8.08. The number of nitrogens with zero attached hydrogens (tertiary/aromatic N) is 3. The molecular formula is C20H27N3O2. The van der Waals surface area contributed by atoms with Crippen LogP contribution in [0.3, 0.4) is 0 Å². The van der Waals surface area contributed by atoms with Crippen LogP contribution in [0.1, 0.15) is 29.6 Å². The predicted octanol–water partition coefficient (Wildman–Crippen LogP) is 2.51. The molecule has 2 aliphatic rings. The van der Waals surface area contributed by atoms with Crippen molar-refractivity contribution in [2.24, 2.45) is 7.05 Å². The molecule has 0 bridgehead atoms. The molecule has 1 atom stereocenters. The van der Waals surface area contributed by atoms with Gasteiger partial charge in [0.25, 0.3) is 5.91 Å². The van der Waals surface area contributed by atoms with E-state index >= 15 is 0 Å². The van der Waals surface area contributed by atoms with Crippen LogP contribution in [0.5, 0.6) is 0 Å². The number of hydrogen-bond donors (Lipinski definition) is 0. The first-order chi connectivity index (χ1) is 12.2. The third kappa shape index (κ3) is 3.58. The second-order valence-corrected chi connectivity index (χ2v) is 7.31. The Hall–Kier alpha value is -1.85. The fraction of sp³-hybridized carbons (Fsp3) is 0.550. The van der Waals surface area contributed by atoms with Crippen LogP contribution in [0.4, 0.5) is 0 Å². The first kappa shape index (κ1) is 16.6. The van der Waals surface area contributed by atoms with E-state index in [9.17, 15) is 4.79 Å². The molecule has 0 unspecified atom stereocenters. The van der Waals surface area contributed by atoms with E-state index in [0.717, 1.165) is 50.3 Å². The molecule has 5 heteroatoms. The Morgan fingerprint density at radius 2 is 2.00 bits per heavy atom. The number of likely N-dealkylation sites (tertiary alicyclic amines) is 1. The van der Waals surface area contributed by atoms with Gasteiger partial charge in [-0.05, 0) is 55.9 Å². The standard InChI is InChI=1S/C20H27N3O2/c1-21-11-7-16-5-6-17(13-19(16)21)20(24)23-10-4-12-25-18(15-23)14-22-8-2-3-9-22/h5-7,11,13,18H,2-4,8-10,12,14-15H2,1H3/t18-/m0/s1. The second-order valence-electron chi connectivity index (χ2n) is 7.31. The lowest BCUT2D eigenvalue weighted by Crippen LogP contribution is -2.41. The maximum atomic E-state index is 13.1. The largest absolute Gasteiger partial charge is 0.375 e. The topological polar surface area (TPSA) is 37.7 Å². The van der Waals surface area contributed by atoms with Gasteiger partial charge >= 0.3 is 0 Å². The van der Waals surface area contributed by atoms with Gasteiger partial charge in [0.1, 0.15) is 0 Å². The Balaban J connectivity index is 1.49. The molecule has 4 rings (SSSR count). The van der Waals surface area contributed by atoms with Gasteiger partial charge in [-0.15, -0.1) is 0 Å². The summed E-state index contributed by atoms with van der Waals surface area (Å²) in [7, 11) is 2.02. The molecule has 2 aliphatic heterocycles. The minimum absolute atomic E-state index is 0.125. The molecule has 1 aromatic heterocycles. The van der Waals surface area contributed by atoms with Gasteiger partial charge in [-0.25, -0.2) is 0 Å². The predicted molar refractivity (Wildman–Crippen MR) is 98.9 cm³/mol. The van der Waals surface area contributed by atoms with E-state index in [2.05, 4.69) is 15.5 Å². The van der Waals surface area contributed by atoms with Gasteiger partial charge in [-0.1, -0.05) is 6.07 Å². The van der Waals surface area contributed by atoms with Gasteiger partial charge in [-0.2, -0.15) is 0 Å². The fourth-order valence-corrected chi connectivity index (χ4v) is 4.02. The van der Waals surface area contributed by atoms with Crippen LogP contribution < -0.4 is 0 Å². The van der Waals surface area contributed by atoms with Crippen molar-refractivity contribution in [2.75, 3.05) is 39.3 Å². The van der Waals surface area contributed by atoms with E-state index in [-0.39, 0.29) is 12.0 Å². The Morgan fingerprint density at radius 1 is 1.16 bits per heavy atom. The van der Waals surface area contributed by atoms with E-state index < -0.39 is 0 Å². The zero-order chi connectivity index (χ0) is 17.2. The van der Waals surface area contributed by atoms with Crippen LogP contribution in [0.2, 0.25) is 0 Å². The molecule has 0 spiro atoms. The summed E-state index contributed by atoms with van der Waals surface area (Å²) in [6.07, 6.45) is 5.64. The normalized spacial score (nSPS) is 22.4. The average Bonchev–Trinajstić information content (AvgIpc) is 3.19. The Kier molecular flexibility index (Phi) is 4.77. The van der Waals surface area contributed by atoms with Crippen molar-refractivity contribution < 1.29 is 9.53 Å². The van der Waals surface area contributed by atoms with Gasteiger partial charge in [0.15, 0.2) is 0 Å². The van der Waals surface area contributed by atoms with Crippen molar-refractivity contribution >= 4 is 16.8 Å². The summed E-state index contributed by atoms with van der Waals surface area (Å²) in [5.41, 5.74) is 1.88. The second kappa shape index (κ2) is 7.18. The maximum Gasteiger partial charge on any atom is 0.254 e. The van der Waals surface area contributed by atoms with E-state index in [0.29, 0.717) is 6.54 Å². The van der Waals surface area contributed by atoms with Crippen LogP contribution in [0.15, 0.2) is 30.5 Å². The van der Waals surface area contributed by atoms with Crippen molar-refractivity contribution in [1.82, 2.24) is 14.4 Å². The molecule has 0 N–H and O–H groups in total. The fourth-order valence-electron chi connectivity index (χ4n) is 4.02. The van der Waals surface area contributed by atoms with Crippen molar-refractivity contribution in [3.05, 3.63) is 36.0 Å². The van der Waals surface area contributed by atoms with Gasteiger partial charge in [-0.3, -0.25) is 4.79 Å². The van der Waals surface area contributed by atoms with Crippen LogP contribution in [-0.2, 0) is 11.8 Å². The van der Waals surface area contributed by atoms with Crippen molar-refractivity contribution in [1.29, 1.82) is 0 Å². The number of amides is 1. The van der Waals surface area contributed by atoms with Crippen molar-refractivity contribution in [3.8, 4) is 0 Å². The zero-order valence-corrected chi connectivity index (χ0v) is 15.0. The first-order valence-corrected chi connectivity index (χ1v) is 9.39. The molecule has 2 saturated heterocycles. The van der Waals surface area contributed by atoms with E-state index in [1.807, 2.05) is 36.3 Å². The lowest BCUT2D eigenvalue weighted by Gasteiger charge is -2.27. The van der Waals surface area contributed by atoms with Crippen LogP contribution in [0.25, 0.3) is 10.9 Å². The number of rotatable bonds is 3. The SMILES string of the molecule is Cn1ccc2ccc(C(=O)N3CCCO[C@@H](CN4CCCC4)C3)cc21. The highest BCUT2D eigenvalue weighted by atomic mass is 16.5. The first-order valence-electron chi connectivity index (χ1n) is 9.39. The number of carbonyl (C=O) groups is 1. The highest BCUT2D eigenvalue weighted by Crippen LogP contribution is 2.19. The molecule has 0 radical (unpaired) electrons. The summed E-state index contributed by atoms with van der Waals surface area (Å²) < 4.78 is 8.08. The summed E-state index contributed by atoms with van der Waals surface area (Å²) in [5.74, 6) is 0.125. The molecule has 2 fully saturated rings. The molecule has 0 aliphatic carbocycles. The highest BCUT2D eigenvalue weighted by Gasteiger charge is 2.26. The zero-order valence-electron chi connectivity index (χ0n) is 15.0. The Morgan fingerprint density at radius 3 is 2.84 bits per heavy atom. The molecule has 3 heterocycles. The molecule has 1 aromatic carbocycles. The summed E-state index contributed by atoms with van der Waals surface area (Å²) in [6.45, 7) is 5.50. The van der Waals surface area contributed by atoms with Crippen molar-refractivity contribution in [2.45, 2.75) is 25.4 Å². The maximum absolute atomic E-state index is 13.1. The van der Waals surface area contributed by atoms with Crippen LogP contribution in [-0.4, -0.2) is 65.7 Å². The molecule has 2 aromatic rings. The monoisotopic (exact) mass is 341 g/mol. The smallest absolute Gasteiger partial charge is 0.254 e. The number of fused-ring (bicyclic) bond motifs is 1. The molecule has 25 heavy (non-hydrogen) atoms. The summed E-state index contributed by atoms with van der Waals surface area (Å²) in [4.78, 5) is 17.5. The summed E-state index contributed by atoms with van der Waals surface area (Å²) in [5, 5.41) is 1.17. The lowest BCUT2D eigenvalue weighted by molar-refractivity contribution is 0.0297. The third-order valence-corrected chi connectivity index (χ3v) is 5.43. The number of aromatic nitrogens is 1. The van der Waals surface area contributed by atoms with Crippen LogP contribution in [0, 0.1) is 0 Å². The van der Waals surface area contributed by atoms with Crippen LogP contribution >= 0.6 is 0 Å². The van der Waals surface area contributed by atoms with Gasteiger partial charge in [0.2, 0.25) is 0 Å². The third-order valence-electron chi connectivity index (χ3n) is 5.43. The molecule has 0 saturated carbocycles. The van der Waals surface area contributed by atoms with Gasteiger partial charge in [0.05, 0.1) is 6.10 Å².